The van der Waals surface area contributed by atoms with Gasteiger partial charge in [-0.3, -0.25) is 9.59 Å². The maximum atomic E-state index is 12.5. The Kier molecular flexibility index (Phi) is 5.32. The molecule has 0 aliphatic carbocycles. The molecule has 7 heteroatoms. The lowest BCUT2D eigenvalue weighted by molar-refractivity contribution is -0.164. The molecule has 0 aromatic rings. The summed E-state index contributed by atoms with van der Waals surface area (Å²) < 4.78 is 10.3. The largest absolute Gasteiger partial charge is 0.461 e. The van der Waals surface area contributed by atoms with Crippen LogP contribution in [0.5, 0.6) is 0 Å². The molecular weight excluding hydrogens is 314 g/mol. The Hall–Kier alpha value is -1.89. The van der Waals surface area contributed by atoms with Gasteiger partial charge in [0.25, 0.3) is 0 Å². The molecule has 1 fully saturated rings. The molecule has 0 unspecified atom stereocenters. The highest BCUT2D eigenvalue weighted by atomic mass is 16.5. The van der Waals surface area contributed by atoms with Crippen LogP contribution in [0.1, 0.15) is 34.6 Å². The van der Waals surface area contributed by atoms with Crippen LogP contribution in [0, 0.1) is 17.8 Å². The first-order valence-electron chi connectivity index (χ1n) is 8.21. The summed E-state index contributed by atoms with van der Waals surface area (Å²) in [5, 5.41) is 9.85. The molecule has 1 N–H and O–H groups in total. The lowest BCUT2D eigenvalue weighted by Crippen LogP contribution is -2.63. The summed E-state index contributed by atoms with van der Waals surface area (Å²) in [5.74, 6) is -1.92. The smallest absolute Gasteiger partial charge is 0.355 e. The van der Waals surface area contributed by atoms with Crippen molar-refractivity contribution in [2.45, 2.75) is 46.8 Å². The van der Waals surface area contributed by atoms with E-state index in [2.05, 4.69) is 0 Å². The number of β-lactam (4-membered cyclic amide) rings is 1. The molecule has 0 bridgehead atoms. The van der Waals surface area contributed by atoms with Crippen molar-refractivity contribution >= 4 is 17.8 Å². The molecule has 0 radical (unpaired) electrons. The highest BCUT2D eigenvalue weighted by Crippen LogP contribution is 2.47. The van der Waals surface area contributed by atoms with Gasteiger partial charge in [-0.15, -0.1) is 0 Å². The predicted octanol–water partition coefficient (Wildman–Crippen LogP) is 0.860. The van der Waals surface area contributed by atoms with E-state index in [-0.39, 0.29) is 42.7 Å². The molecule has 4 atom stereocenters. The van der Waals surface area contributed by atoms with Crippen LogP contribution in [-0.4, -0.2) is 53.2 Å². The van der Waals surface area contributed by atoms with Crippen LogP contribution in [0.2, 0.25) is 0 Å². The summed E-state index contributed by atoms with van der Waals surface area (Å²) in [5.41, 5.74) is 0.733. The number of aliphatic hydroxyl groups is 1. The maximum absolute atomic E-state index is 12.5. The van der Waals surface area contributed by atoms with Crippen molar-refractivity contribution in [1.82, 2.24) is 4.90 Å². The van der Waals surface area contributed by atoms with E-state index in [9.17, 15) is 19.5 Å². The lowest BCUT2D eigenvalue weighted by Gasteiger charge is -2.46. The fourth-order valence-corrected chi connectivity index (χ4v) is 3.31. The molecule has 2 aliphatic heterocycles. The molecule has 7 nitrogen and oxygen atoms in total. The number of rotatable bonds is 6. The minimum absolute atomic E-state index is 0.0601. The summed E-state index contributed by atoms with van der Waals surface area (Å²) in [6.07, 6.45) is -0.804. The molecule has 2 heterocycles. The molecule has 2 aliphatic rings. The second-order valence-electron chi connectivity index (χ2n) is 6.90. The van der Waals surface area contributed by atoms with Crippen LogP contribution < -0.4 is 0 Å². The molecule has 134 valence electrons. The first-order chi connectivity index (χ1) is 11.2. The minimum atomic E-state index is -0.804. The Labute approximate surface area is 141 Å². The zero-order chi connectivity index (χ0) is 18.2. The number of amides is 1. The quantitative estimate of drug-likeness (QED) is 0.570. The van der Waals surface area contributed by atoms with Crippen molar-refractivity contribution in [2.24, 2.45) is 17.8 Å². The molecular formula is C17H25NO6. The highest BCUT2D eigenvalue weighted by Gasteiger charge is 2.60. The van der Waals surface area contributed by atoms with Crippen molar-refractivity contribution in [3.05, 3.63) is 11.3 Å². The number of hydrogen-bond donors (Lipinski definition) is 1. The molecule has 0 aromatic carbocycles. The summed E-state index contributed by atoms with van der Waals surface area (Å²) in [4.78, 5) is 37.4. The van der Waals surface area contributed by atoms with E-state index < -0.39 is 24.0 Å². The third-order valence-corrected chi connectivity index (χ3v) is 4.49. The number of carbonyl (C=O) groups excluding carboxylic acids is 3. The number of ether oxygens (including phenoxy) is 2. The number of nitrogens with zero attached hydrogens (tertiary/aromatic N) is 1. The van der Waals surface area contributed by atoms with Gasteiger partial charge in [-0.2, -0.15) is 0 Å². The number of esters is 2. The molecule has 0 spiro atoms. The van der Waals surface area contributed by atoms with Crippen LogP contribution >= 0.6 is 0 Å². The van der Waals surface area contributed by atoms with Crippen molar-refractivity contribution < 1.29 is 29.0 Å². The average Bonchev–Trinajstić information content (AvgIpc) is 2.71. The van der Waals surface area contributed by atoms with E-state index in [4.69, 9.17) is 9.47 Å². The molecule has 0 aromatic heterocycles. The molecule has 2 rings (SSSR count). The van der Waals surface area contributed by atoms with E-state index in [1.54, 1.807) is 6.92 Å². The van der Waals surface area contributed by atoms with E-state index >= 15 is 0 Å². The second-order valence-corrected chi connectivity index (χ2v) is 6.90. The average molecular weight is 339 g/mol. The molecule has 0 saturated carbocycles. The Morgan fingerprint density at radius 2 is 1.88 bits per heavy atom. The monoisotopic (exact) mass is 339 g/mol. The zero-order valence-electron chi connectivity index (χ0n) is 14.7. The van der Waals surface area contributed by atoms with Gasteiger partial charge in [-0.25, -0.2) is 4.79 Å². The van der Waals surface area contributed by atoms with Gasteiger partial charge in [0.1, 0.15) is 12.3 Å². The topological polar surface area (TPSA) is 93.1 Å². The van der Waals surface area contributed by atoms with E-state index in [0.717, 1.165) is 0 Å². The predicted molar refractivity (Wildman–Crippen MR) is 84.4 cm³/mol. The van der Waals surface area contributed by atoms with Crippen molar-refractivity contribution in [3.8, 4) is 0 Å². The summed E-state index contributed by atoms with van der Waals surface area (Å²) in [6.45, 7) is 8.73. The van der Waals surface area contributed by atoms with Crippen molar-refractivity contribution in [2.75, 3.05) is 13.2 Å². The van der Waals surface area contributed by atoms with Gasteiger partial charge in [0.2, 0.25) is 5.91 Å². The fourth-order valence-electron chi connectivity index (χ4n) is 3.31. The van der Waals surface area contributed by atoms with Crippen LogP contribution in [0.4, 0.5) is 0 Å². The molecule has 1 saturated heterocycles. The van der Waals surface area contributed by atoms with E-state index in [1.165, 1.54) is 11.8 Å². The third-order valence-electron chi connectivity index (χ3n) is 4.49. The molecule has 24 heavy (non-hydrogen) atoms. The Morgan fingerprint density at radius 1 is 1.25 bits per heavy atom. The SMILES string of the molecule is CC(=O)OCC1=C(C(=O)OCC(C)C)N2C(=O)[C@H]([C@@H](C)O)[C@H]2[C@H]1C. The third kappa shape index (κ3) is 3.17. The molecule has 1 amide bonds. The summed E-state index contributed by atoms with van der Waals surface area (Å²) in [7, 11) is 0. The van der Waals surface area contributed by atoms with Gasteiger partial charge in [0.15, 0.2) is 0 Å². The van der Waals surface area contributed by atoms with Crippen LogP contribution in [0.15, 0.2) is 11.3 Å². The summed E-state index contributed by atoms with van der Waals surface area (Å²) >= 11 is 0. The fraction of sp³-hybridized carbons (Fsp3) is 0.706. The van der Waals surface area contributed by atoms with Gasteiger partial charge in [-0.1, -0.05) is 20.8 Å². The Balaban J connectivity index is 2.29. The van der Waals surface area contributed by atoms with E-state index in [0.29, 0.717) is 5.57 Å². The van der Waals surface area contributed by atoms with Crippen molar-refractivity contribution in [3.63, 3.8) is 0 Å². The summed E-state index contributed by atoms with van der Waals surface area (Å²) in [6, 6.07) is -0.301. The van der Waals surface area contributed by atoms with Gasteiger partial charge in [0.05, 0.1) is 24.7 Å². The number of aliphatic hydroxyl groups excluding tert-OH is 1. The first kappa shape index (κ1) is 18.4. The van der Waals surface area contributed by atoms with E-state index in [1.807, 2.05) is 20.8 Å². The number of fused-ring (bicyclic) bond motifs is 1. The maximum Gasteiger partial charge on any atom is 0.355 e. The van der Waals surface area contributed by atoms with Crippen LogP contribution in [0.25, 0.3) is 0 Å². The van der Waals surface area contributed by atoms with Gasteiger partial charge in [0, 0.05) is 18.4 Å². The van der Waals surface area contributed by atoms with Gasteiger partial charge in [-0.05, 0) is 12.8 Å². The van der Waals surface area contributed by atoms with Gasteiger partial charge < -0.3 is 19.5 Å². The Morgan fingerprint density at radius 3 is 2.38 bits per heavy atom. The highest BCUT2D eigenvalue weighted by molar-refractivity contribution is 6.00. The zero-order valence-corrected chi connectivity index (χ0v) is 14.7. The number of hydrogen-bond acceptors (Lipinski definition) is 6. The van der Waals surface area contributed by atoms with Crippen LogP contribution in [0.3, 0.4) is 0 Å². The first-order valence-corrected chi connectivity index (χ1v) is 8.21. The van der Waals surface area contributed by atoms with Gasteiger partial charge >= 0.3 is 11.9 Å². The minimum Gasteiger partial charge on any atom is -0.461 e. The number of carbonyl (C=O) groups is 3. The standard InChI is InChI=1S/C17H25NO6/c1-8(2)6-24-17(22)15-12(7-23-11(5)20)9(3)14-13(10(4)19)16(21)18(14)15/h8-10,13-14,19H,6-7H2,1-5H3/t9-,10+,13+,14+/m0/s1. The van der Waals surface area contributed by atoms with Crippen molar-refractivity contribution in [1.29, 1.82) is 0 Å². The second kappa shape index (κ2) is 6.93. The lowest BCUT2D eigenvalue weighted by atomic mass is 9.78. The Bertz CT molecular complexity index is 580. The normalized spacial score (nSPS) is 27.0. The van der Waals surface area contributed by atoms with Crippen LogP contribution in [-0.2, 0) is 23.9 Å².